The predicted octanol–water partition coefficient (Wildman–Crippen LogP) is 2.55. The van der Waals surface area contributed by atoms with E-state index < -0.39 is 30.0 Å². The second-order valence-corrected chi connectivity index (χ2v) is 5.19. The van der Waals surface area contributed by atoms with Gasteiger partial charge >= 0.3 is 6.18 Å². The first-order chi connectivity index (χ1) is 9.79. The summed E-state index contributed by atoms with van der Waals surface area (Å²) in [5.41, 5.74) is 0.259. The molecule has 0 spiro atoms. The highest BCUT2D eigenvalue weighted by Gasteiger charge is 2.41. The Labute approximate surface area is 119 Å². The van der Waals surface area contributed by atoms with Gasteiger partial charge in [0.05, 0.1) is 5.56 Å². The van der Waals surface area contributed by atoms with E-state index in [2.05, 4.69) is 10.6 Å². The number of halogens is 4. The van der Waals surface area contributed by atoms with Crippen molar-refractivity contribution in [3.8, 4) is 0 Å². The van der Waals surface area contributed by atoms with Crippen LogP contribution in [0.5, 0.6) is 0 Å². The van der Waals surface area contributed by atoms with Crippen molar-refractivity contribution < 1.29 is 22.4 Å². The van der Waals surface area contributed by atoms with Gasteiger partial charge in [-0.15, -0.1) is 0 Å². The third-order valence-electron chi connectivity index (χ3n) is 3.58. The lowest BCUT2D eigenvalue weighted by Gasteiger charge is -2.31. The molecule has 1 amide bonds. The van der Waals surface area contributed by atoms with Crippen molar-refractivity contribution in [1.29, 1.82) is 0 Å². The maximum atomic E-state index is 13.8. The number of nitrogens with one attached hydrogen (secondary N) is 2. The summed E-state index contributed by atoms with van der Waals surface area (Å²) < 4.78 is 51.3. The Morgan fingerprint density at radius 3 is 2.62 bits per heavy atom. The van der Waals surface area contributed by atoms with Crippen molar-refractivity contribution >= 4 is 5.91 Å². The van der Waals surface area contributed by atoms with Crippen LogP contribution in [0, 0.1) is 12.7 Å². The van der Waals surface area contributed by atoms with Gasteiger partial charge in [0, 0.05) is 12.6 Å². The summed E-state index contributed by atoms with van der Waals surface area (Å²) in [4.78, 5) is 12.0. The molecule has 2 rings (SSSR count). The highest BCUT2D eigenvalue weighted by molar-refractivity contribution is 5.94. The molecule has 0 bridgehead atoms. The zero-order chi connectivity index (χ0) is 15.6. The quantitative estimate of drug-likeness (QED) is 0.825. The van der Waals surface area contributed by atoms with Crippen LogP contribution < -0.4 is 10.6 Å². The van der Waals surface area contributed by atoms with Gasteiger partial charge in [0.15, 0.2) is 0 Å². The Kier molecular flexibility index (Phi) is 4.51. The average molecular weight is 304 g/mol. The smallest absolute Gasteiger partial charge is 0.348 e. The van der Waals surface area contributed by atoms with Gasteiger partial charge < -0.3 is 10.6 Å². The SMILES string of the molecule is Cc1cccc(C(=O)NC2CCC(C(F)(F)F)NC2)c1F. The molecule has 3 nitrogen and oxygen atoms in total. The van der Waals surface area contributed by atoms with Gasteiger partial charge in [-0.2, -0.15) is 13.2 Å². The van der Waals surface area contributed by atoms with Crippen LogP contribution >= 0.6 is 0 Å². The fourth-order valence-corrected chi connectivity index (χ4v) is 2.35. The molecule has 0 saturated carbocycles. The zero-order valence-corrected chi connectivity index (χ0v) is 11.4. The standard InChI is InChI=1S/C14H16F4N2O/c1-8-3-2-4-10(12(8)15)13(21)20-9-5-6-11(19-7-9)14(16,17)18/h2-4,9,11,19H,5-7H2,1H3,(H,20,21). The summed E-state index contributed by atoms with van der Waals surface area (Å²) >= 11 is 0. The van der Waals surface area contributed by atoms with Gasteiger partial charge in [-0.1, -0.05) is 12.1 Å². The highest BCUT2D eigenvalue weighted by Crippen LogP contribution is 2.26. The van der Waals surface area contributed by atoms with Crippen LogP contribution in [-0.4, -0.2) is 30.7 Å². The maximum absolute atomic E-state index is 13.8. The van der Waals surface area contributed by atoms with Crippen molar-refractivity contribution in [2.75, 3.05) is 6.54 Å². The number of alkyl halides is 3. The first kappa shape index (κ1) is 15.8. The van der Waals surface area contributed by atoms with Gasteiger partial charge in [0.2, 0.25) is 0 Å². The Bertz CT molecular complexity index is 522. The molecule has 1 aliphatic rings. The molecule has 7 heteroatoms. The lowest BCUT2D eigenvalue weighted by atomic mass is 10.00. The third-order valence-corrected chi connectivity index (χ3v) is 3.58. The van der Waals surface area contributed by atoms with Gasteiger partial charge in [-0.3, -0.25) is 4.79 Å². The number of hydrogen-bond donors (Lipinski definition) is 2. The minimum atomic E-state index is -4.28. The van der Waals surface area contributed by atoms with Crippen LogP contribution in [0.4, 0.5) is 17.6 Å². The molecular formula is C14H16F4N2O. The molecule has 0 aliphatic carbocycles. The van der Waals surface area contributed by atoms with E-state index in [1.165, 1.54) is 6.07 Å². The summed E-state index contributed by atoms with van der Waals surface area (Å²) in [6.45, 7) is 1.56. The van der Waals surface area contributed by atoms with Gasteiger partial charge in [-0.25, -0.2) is 4.39 Å². The van der Waals surface area contributed by atoms with Gasteiger partial charge in [-0.05, 0) is 31.4 Å². The van der Waals surface area contributed by atoms with E-state index in [0.29, 0.717) is 5.56 Å². The average Bonchev–Trinajstić information content (AvgIpc) is 2.41. The van der Waals surface area contributed by atoms with Crippen molar-refractivity contribution in [3.05, 3.63) is 35.1 Å². The first-order valence-electron chi connectivity index (χ1n) is 6.65. The minimum absolute atomic E-state index is 0.0172. The maximum Gasteiger partial charge on any atom is 0.403 e. The molecule has 1 heterocycles. The van der Waals surface area contributed by atoms with Crippen LogP contribution in [0.25, 0.3) is 0 Å². The Hall–Kier alpha value is -1.63. The molecule has 2 atom stereocenters. The summed E-state index contributed by atoms with van der Waals surface area (Å²) in [7, 11) is 0. The van der Waals surface area contributed by atoms with E-state index in [9.17, 15) is 22.4 Å². The van der Waals surface area contributed by atoms with E-state index in [1.807, 2.05) is 0 Å². The molecule has 1 aromatic carbocycles. The number of piperidine rings is 1. The molecule has 1 aliphatic heterocycles. The fourth-order valence-electron chi connectivity index (χ4n) is 2.35. The van der Waals surface area contributed by atoms with Crippen molar-refractivity contribution in [1.82, 2.24) is 10.6 Å². The molecule has 116 valence electrons. The highest BCUT2D eigenvalue weighted by atomic mass is 19.4. The monoisotopic (exact) mass is 304 g/mol. The molecule has 1 saturated heterocycles. The second kappa shape index (κ2) is 6.01. The lowest BCUT2D eigenvalue weighted by molar-refractivity contribution is -0.160. The Morgan fingerprint density at radius 1 is 1.33 bits per heavy atom. The van der Waals surface area contributed by atoms with Crippen molar-refractivity contribution in [2.24, 2.45) is 0 Å². The molecule has 0 aromatic heterocycles. The summed E-state index contributed by atoms with van der Waals surface area (Å²) in [5.74, 6) is -1.21. The van der Waals surface area contributed by atoms with Gasteiger partial charge in [0.25, 0.3) is 5.91 Å². The number of carbonyl (C=O) groups is 1. The van der Waals surface area contributed by atoms with E-state index in [1.54, 1.807) is 19.1 Å². The topological polar surface area (TPSA) is 41.1 Å². The molecule has 2 N–H and O–H groups in total. The minimum Gasteiger partial charge on any atom is -0.348 e. The number of carbonyl (C=O) groups excluding carboxylic acids is 1. The van der Waals surface area contributed by atoms with Crippen LogP contribution in [0.3, 0.4) is 0 Å². The second-order valence-electron chi connectivity index (χ2n) is 5.19. The number of hydrogen-bond acceptors (Lipinski definition) is 2. The van der Waals surface area contributed by atoms with Crippen LogP contribution in [0.15, 0.2) is 18.2 Å². The predicted molar refractivity (Wildman–Crippen MR) is 69.5 cm³/mol. The lowest BCUT2D eigenvalue weighted by Crippen LogP contribution is -2.54. The fraction of sp³-hybridized carbons (Fsp3) is 0.500. The van der Waals surface area contributed by atoms with E-state index in [4.69, 9.17) is 0 Å². The Balaban J connectivity index is 1.95. The summed E-state index contributed by atoms with van der Waals surface area (Å²) in [6.07, 6.45) is -4.18. The van der Waals surface area contributed by atoms with Crippen molar-refractivity contribution in [3.63, 3.8) is 0 Å². The molecule has 0 radical (unpaired) electrons. The number of benzene rings is 1. The van der Waals surface area contributed by atoms with E-state index in [-0.39, 0.29) is 24.9 Å². The third kappa shape index (κ3) is 3.72. The molecule has 2 unspecified atom stereocenters. The van der Waals surface area contributed by atoms with E-state index >= 15 is 0 Å². The number of aryl methyl sites for hydroxylation is 1. The normalized spacial score (nSPS) is 22.9. The summed E-state index contributed by atoms with van der Waals surface area (Å²) in [5, 5.41) is 4.92. The zero-order valence-electron chi connectivity index (χ0n) is 11.4. The van der Waals surface area contributed by atoms with Crippen molar-refractivity contribution in [2.45, 2.75) is 38.0 Å². The molecule has 1 aromatic rings. The van der Waals surface area contributed by atoms with Crippen LogP contribution in [-0.2, 0) is 0 Å². The van der Waals surface area contributed by atoms with Crippen LogP contribution in [0.1, 0.15) is 28.8 Å². The number of amides is 1. The molecule has 1 fully saturated rings. The Morgan fingerprint density at radius 2 is 2.05 bits per heavy atom. The van der Waals surface area contributed by atoms with Gasteiger partial charge in [0.1, 0.15) is 11.9 Å². The summed E-state index contributed by atoms with van der Waals surface area (Å²) in [6, 6.07) is 2.48. The molecule has 21 heavy (non-hydrogen) atoms. The van der Waals surface area contributed by atoms with E-state index in [0.717, 1.165) is 0 Å². The largest absolute Gasteiger partial charge is 0.403 e. The van der Waals surface area contributed by atoms with Crippen LogP contribution in [0.2, 0.25) is 0 Å². The number of rotatable bonds is 2. The molecular weight excluding hydrogens is 288 g/mol. The first-order valence-corrected chi connectivity index (χ1v) is 6.65.